The van der Waals surface area contributed by atoms with Crippen LogP contribution in [-0.4, -0.2) is 37.3 Å². The van der Waals surface area contributed by atoms with Gasteiger partial charge in [-0.2, -0.15) is 0 Å². The Balaban J connectivity index is 1.23. The molecule has 0 saturated carbocycles. The van der Waals surface area contributed by atoms with Gasteiger partial charge in [-0.15, -0.1) is 0 Å². The number of para-hydroxylation sites is 2. The van der Waals surface area contributed by atoms with Gasteiger partial charge in [0.1, 0.15) is 17.7 Å². The van der Waals surface area contributed by atoms with E-state index in [1.165, 1.54) is 0 Å². The maximum atomic E-state index is 12.5. The number of hydrogen-bond acceptors (Lipinski definition) is 4. The molecule has 4 aromatic rings. The van der Waals surface area contributed by atoms with Crippen molar-refractivity contribution in [2.45, 2.75) is 32.6 Å². The van der Waals surface area contributed by atoms with Crippen LogP contribution in [0.3, 0.4) is 0 Å². The number of aryl methyl sites for hydroxylation is 1. The third-order valence-corrected chi connectivity index (χ3v) is 4.99. The number of nitrogens with zero attached hydrogens (tertiary/aromatic N) is 4. The Morgan fingerprint density at radius 2 is 1.86 bits per heavy atom. The van der Waals surface area contributed by atoms with E-state index in [-0.39, 0.29) is 11.8 Å². The lowest BCUT2D eigenvalue weighted by Gasteiger charge is -2.06. The molecular formula is C22H23N5O2. The number of aromatic nitrogens is 4. The zero-order valence-corrected chi connectivity index (χ0v) is 16.3. The highest BCUT2D eigenvalue weighted by molar-refractivity contribution is 5.94. The highest BCUT2D eigenvalue weighted by Gasteiger charge is 2.15. The Morgan fingerprint density at radius 1 is 1.03 bits per heavy atom. The van der Waals surface area contributed by atoms with Crippen LogP contribution in [0.5, 0.6) is 0 Å². The van der Waals surface area contributed by atoms with E-state index in [0.29, 0.717) is 24.4 Å². The zero-order valence-electron chi connectivity index (χ0n) is 16.3. The molecule has 3 heterocycles. The van der Waals surface area contributed by atoms with Crippen molar-refractivity contribution < 1.29 is 9.59 Å². The fraction of sp³-hybridized carbons (Fsp3) is 0.273. The van der Waals surface area contributed by atoms with Crippen LogP contribution in [-0.2, 0) is 0 Å². The molecule has 0 atom stereocenters. The van der Waals surface area contributed by atoms with Crippen molar-refractivity contribution in [3.63, 3.8) is 0 Å². The molecule has 1 amide bonds. The van der Waals surface area contributed by atoms with E-state index in [1.54, 1.807) is 15.3 Å². The van der Waals surface area contributed by atoms with Crippen molar-refractivity contribution in [3.8, 4) is 0 Å². The molecular weight excluding hydrogens is 366 g/mol. The predicted molar refractivity (Wildman–Crippen MR) is 111 cm³/mol. The fourth-order valence-electron chi connectivity index (χ4n) is 3.53. The van der Waals surface area contributed by atoms with E-state index in [9.17, 15) is 9.59 Å². The van der Waals surface area contributed by atoms with Gasteiger partial charge in [-0.25, -0.2) is 9.97 Å². The monoisotopic (exact) mass is 389 g/mol. The number of hydrogen-bond donors (Lipinski definition) is 1. The highest BCUT2D eigenvalue weighted by atomic mass is 16.2. The van der Waals surface area contributed by atoms with Crippen LogP contribution in [0.1, 0.15) is 46.7 Å². The minimum Gasteiger partial charge on any atom is -0.351 e. The molecule has 7 heteroatoms. The van der Waals surface area contributed by atoms with Crippen molar-refractivity contribution >= 4 is 28.5 Å². The van der Waals surface area contributed by atoms with Crippen molar-refractivity contribution in [2.75, 3.05) is 6.54 Å². The van der Waals surface area contributed by atoms with Gasteiger partial charge in [0.15, 0.2) is 0 Å². The summed E-state index contributed by atoms with van der Waals surface area (Å²) >= 11 is 0. The lowest BCUT2D eigenvalue weighted by atomic mass is 10.2. The molecule has 0 aliphatic heterocycles. The maximum absolute atomic E-state index is 12.5. The fourth-order valence-corrected chi connectivity index (χ4v) is 3.53. The molecule has 0 saturated heterocycles. The Bertz CT molecular complexity index is 1170. The number of benzene rings is 1. The second-order valence-electron chi connectivity index (χ2n) is 7.04. The topological polar surface area (TPSA) is 81.3 Å². The van der Waals surface area contributed by atoms with Gasteiger partial charge in [-0.1, -0.05) is 24.6 Å². The summed E-state index contributed by atoms with van der Waals surface area (Å²) in [5.74, 6) is -0.0775. The van der Waals surface area contributed by atoms with E-state index >= 15 is 0 Å². The summed E-state index contributed by atoms with van der Waals surface area (Å²) in [4.78, 5) is 33.6. The van der Waals surface area contributed by atoms with Crippen molar-refractivity contribution in [1.29, 1.82) is 0 Å². The summed E-state index contributed by atoms with van der Waals surface area (Å²) < 4.78 is 3.42. The molecule has 29 heavy (non-hydrogen) atoms. The smallest absolute Gasteiger partial charge is 0.270 e. The molecule has 1 aromatic carbocycles. The predicted octanol–water partition coefficient (Wildman–Crippen LogP) is 3.62. The first-order valence-electron chi connectivity index (χ1n) is 9.82. The molecule has 0 spiro atoms. The zero-order chi connectivity index (χ0) is 20.2. The number of nitrogens with one attached hydrogen (secondary N) is 1. The molecule has 3 aromatic heterocycles. The van der Waals surface area contributed by atoms with Gasteiger partial charge in [0.2, 0.25) is 5.91 Å². The molecule has 0 aliphatic rings. The van der Waals surface area contributed by atoms with Crippen molar-refractivity contribution in [1.82, 2.24) is 24.3 Å². The highest BCUT2D eigenvalue weighted by Crippen LogP contribution is 2.14. The van der Waals surface area contributed by atoms with Crippen molar-refractivity contribution in [2.24, 2.45) is 0 Å². The SMILES string of the molecule is Cc1nc2ccccn2c1C(=O)NCCCCCC(=O)n1cnc2ccccc21. The molecule has 1 N–H and O–H groups in total. The van der Waals surface area contributed by atoms with Crippen LogP contribution in [0.4, 0.5) is 0 Å². The number of unbranched alkanes of at least 4 members (excludes halogenated alkanes) is 2. The molecule has 0 radical (unpaired) electrons. The second-order valence-corrected chi connectivity index (χ2v) is 7.04. The molecule has 4 rings (SSSR count). The van der Waals surface area contributed by atoms with E-state index in [1.807, 2.05) is 55.6 Å². The van der Waals surface area contributed by atoms with Gasteiger partial charge in [0, 0.05) is 19.2 Å². The summed E-state index contributed by atoms with van der Waals surface area (Å²) in [5, 5.41) is 2.96. The van der Waals surface area contributed by atoms with E-state index in [0.717, 1.165) is 35.9 Å². The number of fused-ring (bicyclic) bond motifs is 2. The number of rotatable bonds is 7. The van der Waals surface area contributed by atoms with E-state index < -0.39 is 0 Å². The minimum absolute atomic E-state index is 0.0455. The number of carbonyl (C=O) groups is 2. The largest absolute Gasteiger partial charge is 0.351 e. The number of pyridine rings is 1. The maximum Gasteiger partial charge on any atom is 0.270 e. The Morgan fingerprint density at radius 3 is 2.76 bits per heavy atom. The number of amides is 1. The van der Waals surface area contributed by atoms with Crippen LogP contribution in [0.25, 0.3) is 16.7 Å². The third-order valence-electron chi connectivity index (χ3n) is 4.99. The average molecular weight is 389 g/mol. The Kier molecular flexibility index (Phi) is 5.37. The van der Waals surface area contributed by atoms with Gasteiger partial charge in [0.05, 0.1) is 16.7 Å². The molecule has 0 bridgehead atoms. The average Bonchev–Trinajstić information content (AvgIpc) is 3.30. The van der Waals surface area contributed by atoms with E-state index in [2.05, 4.69) is 15.3 Å². The first kappa shape index (κ1) is 18.9. The van der Waals surface area contributed by atoms with Gasteiger partial charge in [-0.05, 0) is 44.0 Å². The second kappa shape index (κ2) is 8.26. The quantitative estimate of drug-likeness (QED) is 0.490. The molecule has 0 aliphatic carbocycles. The molecule has 0 unspecified atom stereocenters. The molecule has 148 valence electrons. The minimum atomic E-state index is -0.123. The van der Waals surface area contributed by atoms with Gasteiger partial charge in [0.25, 0.3) is 5.91 Å². The summed E-state index contributed by atoms with van der Waals surface area (Å²) in [6.07, 6.45) is 6.35. The summed E-state index contributed by atoms with van der Waals surface area (Å²) in [5.41, 5.74) is 3.72. The molecule has 7 nitrogen and oxygen atoms in total. The van der Waals surface area contributed by atoms with Gasteiger partial charge < -0.3 is 5.32 Å². The summed E-state index contributed by atoms with van der Waals surface area (Å²) in [6.45, 7) is 2.41. The molecule has 0 fully saturated rings. The first-order chi connectivity index (χ1) is 14.1. The van der Waals surface area contributed by atoms with Crippen LogP contribution in [0, 0.1) is 6.92 Å². The number of imidazole rings is 2. The Labute approximate surface area is 168 Å². The van der Waals surface area contributed by atoms with Crippen LogP contribution >= 0.6 is 0 Å². The summed E-state index contributed by atoms with van der Waals surface area (Å²) in [6, 6.07) is 13.3. The first-order valence-corrected chi connectivity index (χ1v) is 9.82. The number of carbonyl (C=O) groups excluding carboxylic acids is 2. The lowest BCUT2D eigenvalue weighted by molar-refractivity contribution is 0.0900. The van der Waals surface area contributed by atoms with Crippen LogP contribution in [0.15, 0.2) is 55.0 Å². The third kappa shape index (κ3) is 3.89. The van der Waals surface area contributed by atoms with Gasteiger partial charge in [-0.3, -0.25) is 18.6 Å². The van der Waals surface area contributed by atoms with Gasteiger partial charge >= 0.3 is 0 Å². The Hall–Kier alpha value is -3.48. The standard InChI is InChI=1S/C22H23N5O2/c1-16-21(26-14-8-6-11-19(26)25-16)22(29)23-13-7-2-3-12-20(28)27-15-24-17-9-4-5-10-18(17)27/h4-6,8-11,14-15H,2-3,7,12-13H2,1H3,(H,23,29). The van der Waals surface area contributed by atoms with Crippen molar-refractivity contribution in [3.05, 3.63) is 66.4 Å². The normalized spacial score (nSPS) is 11.2. The lowest BCUT2D eigenvalue weighted by Crippen LogP contribution is -2.26. The summed E-state index contributed by atoms with van der Waals surface area (Å²) in [7, 11) is 0. The van der Waals surface area contributed by atoms with E-state index in [4.69, 9.17) is 0 Å². The van der Waals surface area contributed by atoms with Crippen LogP contribution in [0.2, 0.25) is 0 Å². The van der Waals surface area contributed by atoms with Crippen LogP contribution < -0.4 is 5.32 Å².